The zero-order valence-corrected chi connectivity index (χ0v) is 12.0. The molecule has 0 radical (unpaired) electrons. The maximum Gasteiger partial charge on any atom is 0.192 e. The maximum atomic E-state index is 5.41. The van der Waals surface area contributed by atoms with Gasteiger partial charge >= 0.3 is 0 Å². The Labute approximate surface area is 126 Å². The summed E-state index contributed by atoms with van der Waals surface area (Å²) in [4.78, 5) is 4.33. The van der Waals surface area contributed by atoms with Crippen LogP contribution in [0.25, 0.3) is 11.5 Å². The first-order valence-electron chi connectivity index (χ1n) is 6.31. The first-order chi connectivity index (χ1) is 10.4. The van der Waals surface area contributed by atoms with Crippen molar-refractivity contribution in [3.63, 3.8) is 0 Å². The topological polar surface area (TPSA) is 56.7 Å². The molecule has 0 aliphatic heterocycles. The van der Waals surface area contributed by atoms with Gasteiger partial charge in [-0.05, 0) is 24.3 Å². The number of pyridine rings is 1. The van der Waals surface area contributed by atoms with Gasteiger partial charge in [-0.3, -0.25) is 9.55 Å². The van der Waals surface area contributed by atoms with Crippen LogP contribution in [-0.2, 0) is 6.54 Å². The zero-order chi connectivity index (χ0) is 14.5. The molecule has 0 amide bonds. The van der Waals surface area contributed by atoms with Gasteiger partial charge in [-0.2, -0.15) is 0 Å². The molecule has 0 fully saturated rings. The highest BCUT2D eigenvalue weighted by Crippen LogP contribution is 2.23. The van der Waals surface area contributed by atoms with E-state index in [9.17, 15) is 0 Å². The molecule has 0 unspecified atom stereocenters. The molecular weight excluding hydrogens is 284 g/mol. The Balaban J connectivity index is 2.00. The molecule has 0 saturated heterocycles. The van der Waals surface area contributed by atoms with E-state index in [4.69, 9.17) is 10.8 Å². The van der Waals surface area contributed by atoms with Crippen molar-refractivity contribution in [1.29, 1.82) is 0 Å². The summed E-state index contributed by atoms with van der Waals surface area (Å²) in [6, 6.07) is 9.46. The van der Waals surface area contributed by atoms with Crippen molar-refractivity contribution in [3.8, 4) is 23.9 Å². The second-order valence-electron chi connectivity index (χ2n) is 4.18. The van der Waals surface area contributed by atoms with E-state index < -0.39 is 0 Å². The minimum absolute atomic E-state index is 0.540. The van der Waals surface area contributed by atoms with Crippen LogP contribution in [0.3, 0.4) is 0 Å². The lowest BCUT2D eigenvalue weighted by atomic mass is 10.3. The first-order valence-corrected chi connectivity index (χ1v) is 7.30. The largest absolute Gasteiger partial charge is 0.467 e. The molecule has 0 bridgehead atoms. The normalized spacial score (nSPS) is 10.4. The standard InChI is InChI=1S/C15H12N4OS/c1-2-10-21-15-18-17-14(13-7-3-4-8-16-13)19(15)11-12-6-5-9-20-12/h1,3-9H,10-11H2. The average Bonchev–Trinajstić information content (AvgIpc) is 3.17. The van der Waals surface area contributed by atoms with Gasteiger partial charge in [0.05, 0.1) is 18.6 Å². The van der Waals surface area contributed by atoms with E-state index in [1.807, 2.05) is 34.9 Å². The molecule has 21 heavy (non-hydrogen) atoms. The molecule has 6 heteroatoms. The SMILES string of the molecule is C#CCSc1nnc(-c2ccccn2)n1Cc1ccco1. The molecule has 3 aromatic heterocycles. The van der Waals surface area contributed by atoms with Crippen LogP contribution >= 0.6 is 11.8 Å². The minimum atomic E-state index is 0.540. The molecule has 3 heterocycles. The number of furan rings is 1. The van der Waals surface area contributed by atoms with E-state index in [-0.39, 0.29) is 0 Å². The third-order valence-corrected chi connectivity index (χ3v) is 3.66. The van der Waals surface area contributed by atoms with Crippen molar-refractivity contribution >= 4 is 11.8 Å². The van der Waals surface area contributed by atoms with Crippen molar-refractivity contribution in [3.05, 3.63) is 48.6 Å². The van der Waals surface area contributed by atoms with Crippen molar-refractivity contribution in [2.24, 2.45) is 0 Å². The van der Waals surface area contributed by atoms with Crippen molar-refractivity contribution < 1.29 is 4.42 Å². The van der Waals surface area contributed by atoms with Gasteiger partial charge in [0.2, 0.25) is 0 Å². The van der Waals surface area contributed by atoms with Gasteiger partial charge in [0.25, 0.3) is 0 Å². The van der Waals surface area contributed by atoms with Crippen molar-refractivity contribution in [1.82, 2.24) is 19.7 Å². The number of aromatic nitrogens is 4. The van der Waals surface area contributed by atoms with Crippen LogP contribution in [0.4, 0.5) is 0 Å². The predicted molar refractivity (Wildman–Crippen MR) is 80.6 cm³/mol. The summed E-state index contributed by atoms with van der Waals surface area (Å²) in [5, 5.41) is 9.20. The minimum Gasteiger partial charge on any atom is -0.467 e. The fourth-order valence-electron chi connectivity index (χ4n) is 1.89. The van der Waals surface area contributed by atoms with Gasteiger partial charge in [-0.15, -0.1) is 16.6 Å². The van der Waals surface area contributed by atoms with E-state index in [1.54, 1.807) is 12.5 Å². The van der Waals surface area contributed by atoms with E-state index in [1.165, 1.54) is 11.8 Å². The Bertz CT molecular complexity index is 744. The summed E-state index contributed by atoms with van der Waals surface area (Å²) >= 11 is 1.47. The summed E-state index contributed by atoms with van der Waals surface area (Å²) in [5.41, 5.74) is 0.768. The lowest BCUT2D eigenvalue weighted by Crippen LogP contribution is -2.04. The summed E-state index contributed by atoms with van der Waals surface area (Å²) in [6.07, 6.45) is 8.70. The van der Waals surface area contributed by atoms with Gasteiger partial charge < -0.3 is 4.42 Å². The van der Waals surface area contributed by atoms with Crippen molar-refractivity contribution in [2.45, 2.75) is 11.7 Å². The third-order valence-electron chi connectivity index (χ3n) is 2.79. The fourth-order valence-corrected chi connectivity index (χ4v) is 2.50. The summed E-state index contributed by atoms with van der Waals surface area (Å²) in [6.45, 7) is 0.540. The summed E-state index contributed by atoms with van der Waals surface area (Å²) in [5.74, 6) is 4.66. The van der Waals surface area contributed by atoms with Gasteiger partial charge in [-0.1, -0.05) is 23.7 Å². The van der Waals surface area contributed by atoms with E-state index >= 15 is 0 Å². The molecule has 3 rings (SSSR count). The lowest BCUT2D eigenvalue weighted by Gasteiger charge is -2.07. The molecule has 0 spiro atoms. The van der Waals surface area contributed by atoms with Crippen LogP contribution < -0.4 is 0 Å². The summed E-state index contributed by atoms with van der Waals surface area (Å²) in [7, 11) is 0. The second kappa shape index (κ2) is 6.29. The summed E-state index contributed by atoms with van der Waals surface area (Å²) < 4.78 is 7.37. The Morgan fingerprint density at radius 1 is 1.24 bits per heavy atom. The molecule has 3 aromatic rings. The Morgan fingerprint density at radius 3 is 2.90 bits per heavy atom. The average molecular weight is 296 g/mol. The Kier molecular flexibility index (Phi) is 4.03. The number of nitrogens with zero attached hydrogens (tertiary/aromatic N) is 4. The molecule has 0 atom stereocenters. The van der Waals surface area contributed by atoms with E-state index in [2.05, 4.69) is 21.1 Å². The molecule has 0 aromatic carbocycles. The maximum absolute atomic E-state index is 5.41. The number of terminal acetylenes is 1. The van der Waals surface area contributed by atoms with Crippen LogP contribution in [0.1, 0.15) is 5.76 Å². The second-order valence-corrected chi connectivity index (χ2v) is 5.12. The Hall–Kier alpha value is -2.52. The van der Waals surface area contributed by atoms with Crippen LogP contribution in [0.5, 0.6) is 0 Å². The van der Waals surface area contributed by atoms with Gasteiger partial charge in [0, 0.05) is 6.20 Å². The highest BCUT2D eigenvalue weighted by Gasteiger charge is 2.16. The molecule has 0 aliphatic carbocycles. The monoisotopic (exact) mass is 296 g/mol. The third kappa shape index (κ3) is 2.98. The number of hydrogen-bond acceptors (Lipinski definition) is 5. The molecule has 0 N–H and O–H groups in total. The fraction of sp³-hybridized carbons (Fsp3) is 0.133. The molecule has 0 saturated carbocycles. The smallest absolute Gasteiger partial charge is 0.192 e. The molecule has 5 nitrogen and oxygen atoms in total. The number of rotatable bonds is 5. The van der Waals surface area contributed by atoms with Crippen LogP contribution in [0, 0.1) is 12.3 Å². The highest BCUT2D eigenvalue weighted by molar-refractivity contribution is 7.99. The molecule has 104 valence electrons. The molecular formula is C15H12N4OS. The zero-order valence-electron chi connectivity index (χ0n) is 11.1. The van der Waals surface area contributed by atoms with Gasteiger partial charge in [-0.25, -0.2) is 0 Å². The van der Waals surface area contributed by atoms with Gasteiger partial charge in [0.15, 0.2) is 11.0 Å². The molecule has 0 aliphatic rings. The van der Waals surface area contributed by atoms with E-state index in [0.29, 0.717) is 18.1 Å². The quantitative estimate of drug-likeness (QED) is 0.535. The highest BCUT2D eigenvalue weighted by atomic mass is 32.2. The van der Waals surface area contributed by atoms with E-state index in [0.717, 1.165) is 16.6 Å². The van der Waals surface area contributed by atoms with Gasteiger partial charge in [0.1, 0.15) is 11.5 Å². The lowest BCUT2D eigenvalue weighted by molar-refractivity contribution is 0.485. The Morgan fingerprint density at radius 2 is 2.19 bits per heavy atom. The van der Waals surface area contributed by atoms with Crippen LogP contribution in [0.15, 0.2) is 52.4 Å². The van der Waals surface area contributed by atoms with Crippen LogP contribution in [-0.4, -0.2) is 25.5 Å². The number of hydrogen-bond donors (Lipinski definition) is 0. The number of thioether (sulfide) groups is 1. The van der Waals surface area contributed by atoms with Crippen LogP contribution in [0.2, 0.25) is 0 Å². The predicted octanol–water partition coefficient (Wildman–Crippen LogP) is 2.71. The first kappa shape index (κ1) is 13.5. The van der Waals surface area contributed by atoms with Crippen molar-refractivity contribution in [2.75, 3.05) is 5.75 Å².